The molecule has 0 amide bonds. The number of rotatable bonds is 4. The number of ether oxygens (including phenoxy) is 1. The molecule has 0 rings (SSSR count). The third kappa shape index (κ3) is 4.11. The molecule has 0 aromatic rings. The summed E-state index contributed by atoms with van der Waals surface area (Å²) in [5.74, 6) is -0.188. The molecule has 1 unspecified atom stereocenters. The van der Waals surface area contributed by atoms with Gasteiger partial charge in [0.05, 0.1) is 6.10 Å². The van der Waals surface area contributed by atoms with Gasteiger partial charge in [-0.2, -0.15) is 0 Å². The van der Waals surface area contributed by atoms with Gasteiger partial charge >= 0.3 is 0 Å². The predicted molar refractivity (Wildman–Crippen MR) is 42.4 cm³/mol. The SMILES string of the molecule is COC(C)CC(=O)C(C)(C)O. The summed E-state index contributed by atoms with van der Waals surface area (Å²) in [5.41, 5.74) is -1.23. The van der Waals surface area contributed by atoms with Crippen LogP contribution in [0.25, 0.3) is 0 Å². The van der Waals surface area contributed by atoms with Crippen LogP contribution in [0.2, 0.25) is 0 Å². The first kappa shape index (κ1) is 10.6. The second-order valence-electron chi connectivity index (χ2n) is 3.23. The Labute approximate surface area is 67.4 Å². The van der Waals surface area contributed by atoms with E-state index in [-0.39, 0.29) is 18.3 Å². The van der Waals surface area contributed by atoms with Crippen LogP contribution in [0.1, 0.15) is 27.2 Å². The molecular formula is C8H16O3. The Balaban J connectivity index is 3.88. The van der Waals surface area contributed by atoms with Crippen LogP contribution in [-0.4, -0.2) is 29.7 Å². The van der Waals surface area contributed by atoms with Gasteiger partial charge in [-0.25, -0.2) is 0 Å². The summed E-state index contributed by atoms with van der Waals surface area (Å²) in [6, 6.07) is 0. The summed E-state index contributed by atoms with van der Waals surface area (Å²) in [6.45, 7) is 4.76. The van der Waals surface area contributed by atoms with Gasteiger partial charge < -0.3 is 9.84 Å². The van der Waals surface area contributed by atoms with Crippen LogP contribution in [0.3, 0.4) is 0 Å². The lowest BCUT2D eigenvalue weighted by atomic mass is 9.99. The molecule has 0 aromatic carbocycles. The first-order valence-electron chi connectivity index (χ1n) is 3.66. The van der Waals surface area contributed by atoms with E-state index in [2.05, 4.69) is 0 Å². The van der Waals surface area contributed by atoms with E-state index in [1.807, 2.05) is 0 Å². The molecule has 11 heavy (non-hydrogen) atoms. The summed E-state index contributed by atoms with van der Waals surface area (Å²) in [4.78, 5) is 11.1. The van der Waals surface area contributed by atoms with E-state index in [4.69, 9.17) is 4.74 Å². The van der Waals surface area contributed by atoms with E-state index in [0.717, 1.165) is 0 Å². The number of carbonyl (C=O) groups is 1. The molecule has 1 atom stereocenters. The van der Waals surface area contributed by atoms with Crippen LogP contribution in [-0.2, 0) is 9.53 Å². The molecule has 0 aliphatic carbocycles. The van der Waals surface area contributed by atoms with Crippen LogP contribution in [0.15, 0.2) is 0 Å². The Hall–Kier alpha value is -0.410. The van der Waals surface area contributed by atoms with Crippen LogP contribution < -0.4 is 0 Å². The molecule has 0 aromatic heterocycles. The lowest BCUT2D eigenvalue weighted by Crippen LogP contribution is -2.33. The van der Waals surface area contributed by atoms with Crippen molar-refractivity contribution in [3.63, 3.8) is 0 Å². The minimum absolute atomic E-state index is 0.117. The number of carbonyl (C=O) groups excluding carboxylic acids is 1. The molecule has 3 nitrogen and oxygen atoms in total. The van der Waals surface area contributed by atoms with Crippen LogP contribution >= 0.6 is 0 Å². The number of hydrogen-bond donors (Lipinski definition) is 1. The molecule has 3 heteroatoms. The van der Waals surface area contributed by atoms with Crippen molar-refractivity contribution in [3.05, 3.63) is 0 Å². The van der Waals surface area contributed by atoms with Crippen molar-refractivity contribution < 1.29 is 14.6 Å². The van der Waals surface area contributed by atoms with Gasteiger partial charge in [-0.3, -0.25) is 4.79 Å². The zero-order chi connectivity index (χ0) is 9.07. The minimum atomic E-state index is -1.23. The average molecular weight is 160 g/mol. The molecule has 66 valence electrons. The van der Waals surface area contributed by atoms with Crippen molar-refractivity contribution in [1.29, 1.82) is 0 Å². The summed E-state index contributed by atoms with van der Waals surface area (Å²) >= 11 is 0. The molecule has 1 N–H and O–H groups in total. The Kier molecular flexibility index (Phi) is 3.69. The van der Waals surface area contributed by atoms with Gasteiger partial charge in [0.1, 0.15) is 5.60 Å². The summed E-state index contributed by atoms with van der Waals surface area (Å²) in [7, 11) is 1.54. The predicted octanol–water partition coefficient (Wildman–Crippen LogP) is 0.751. The third-order valence-corrected chi connectivity index (χ3v) is 1.56. The Morgan fingerprint density at radius 2 is 2.09 bits per heavy atom. The first-order chi connectivity index (χ1) is 4.88. The second kappa shape index (κ2) is 3.83. The van der Waals surface area contributed by atoms with Gasteiger partial charge in [0.15, 0.2) is 5.78 Å². The molecule has 0 saturated carbocycles. The quantitative estimate of drug-likeness (QED) is 0.660. The fourth-order valence-electron chi connectivity index (χ4n) is 0.594. The number of methoxy groups -OCH3 is 1. The standard InChI is InChI=1S/C8H16O3/c1-6(11-4)5-7(9)8(2,3)10/h6,10H,5H2,1-4H3. The Morgan fingerprint density at radius 3 is 2.36 bits per heavy atom. The van der Waals surface area contributed by atoms with Gasteiger partial charge in [0.2, 0.25) is 0 Å². The van der Waals surface area contributed by atoms with Gasteiger partial charge in [-0.1, -0.05) is 0 Å². The molecular weight excluding hydrogens is 144 g/mol. The smallest absolute Gasteiger partial charge is 0.166 e. The van der Waals surface area contributed by atoms with Gasteiger partial charge in [-0.05, 0) is 20.8 Å². The van der Waals surface area contributed by atoms with Crippen molar-refractivity contribution in [2.75, 3.05) is 7.11 Å². The minimum Gasteiger partial charge on any atom is -0.383 e. The molecule has 0 aliphatic heterocycles. The third-order valence-electron chi connectivity index (χ3n) is 1.56. The lowest BCUT2D eigenvalue weighted by Gasteiger charge is -2.17. The Morgan fingerprint density at radius 1 is 1.64 bits per heavy atom. The van der Waals surface area contributed by atoms with Crippen molar-refractivity contribution >= 4 is 5.78 Å². The fraction of sp³-hybridized carbons (Fsp3) is 0.875. The summed E-state index contributed by atoms with van der Waals surface area (Å²) in [6.07, 6.45) is 0.147. The summed E-state index contributed by atoms with van der Waals surface area (Å²) in [5, 5.41) is 9.23. The molecule has 0 saturated heterocycles. The van der Waals surface area contributed by atoms with Crippen LogP contribution in [0.5, 0.6) is 0 Å². The van der Waals surface area contributed by atoms with Gasteiger partial charge in [-0.15, -0.1) is 0 Å². The largest absolute Gasteiger partial charge is 0.383 e. The van der Waals surface area contributed by atoms with E-state index >= 15 is 0 Å². The number of Topliss-reactive ketones (excluding diaryl/α,β-unsaturated/α-hetero) is 1. The highest BCUT2D eigenvalue weighted by atomic mass is 16.5. The van der Waals surface area contributed by atoms with Gasteiger partial charge in [0, 0.05) is 13.5 Å². The van der Waals surface area contributed by atoms with E-state index in [0.29, 0.717) is 0 Å². The van der Waals surface area contributed by atoms with Crippen molar-refractivity contribution in [2.45, 2.75) is 38.9 Å². The zero-order valence-corrected chi connectivity index (χ0v) is 7.55. The van der Waals surface area contributed by atoms with E-state index < -0.39 is 5.60 Å². The molecule has 0 bridgehead atoms. The molecule has 0 fully saturated rings. The maximum Gasteiger partial charge on any atom is 0.166 e. The molecule has 0 aliphatic rings. The van der Waals surface area contributed by atoms with Crippen molar-refractivity contribution in [3.8, 4) is 0 Å². The first-order valence-corrected chi connectivity index (χ1v) is 3.66. The van der Waals surface area contributed by atoms with E-state index in [1.54, 1.807) is 14.0 Å². The maximum atomic E-state index is 11.1. The fourth-order valence-corrected chi connectivity index (χ4v) is 0.594. The highest BCUT2D eigenvalue weighted by molar-refractivity contribution is 5.86. The maximum absolute atomic E-state index is 11.1. The normalized spacial score (nSPS) is 14.6. The van der Waals surface area contributed by atoms with Crippen LogP contribution in [0, 0.1) is 0 Å². The molecule has 0 radical (unpaired) electrons. The van der Waals surface area contributed by atoms with E-state index in [1.165, 1.54) is 13.8 Å². The van der Waals surface area contributed by atoms with Gasteiger partial charge in [0.25, 0.3) is 0 Å². The zero-order valence-electron chi connectivity index (χ0n) is 7.55. The number of ketones is 1. The highest BCUT2D eigenvalue weighted by Gasteiger charge is 2.24. The Bertz CT molecular complexity index is 135. The topological polar surface area (TPSA) is 46.5 Å². The van der Waals surface area contributed by atoms with Crippen molar-refractivity contribution in [1.82, 2.24) is 0 Å². The summed E-state index contributed by atoms with van der Waals surface area (Å²) < 4.78 is 4.88. The van der Waals surface area contributed by atoms with Crippen molar-refractivity contribution in [2.24, 2.45) is 0 Å². The monoisotopic (exact) mass is 160 g/mol. The highest BCUT2D eigenvalue weighted by Crippen LogP contribution is 2.08. The van der Waals surface area contributed by atoms with Crippen LogP contribution in [0.4, 0.5) is 0 Å². The number of aliphatic hydroxyl groups is 1. The lowest BCUT2D eigenvalue weighted by molar-refractivity contribution is -0.136. The molecule has 0 spiro atoms. The average Bonchev–Trinajstić information content (AvgIpc) is 1.85. The second-order valence-corrected chi connectivity index (χ2v) is 3.23. The van der Waals surface area contributed by atoms with E-state index in [9.17, 15) is 9.90 Å². The number of hydrogen-bond acceptors (Lipinski definition) is 3. The molecule has 0 heterocycles.